The predicted molar refractivity (Wildman–Crippen MR) is 48.6 cm³/mol. The molecule has 0 aromatic heterocycles. The first-order chi connectivity index (χ1) is 5.49. The average molecular weight is 210 g/mol. The highest BCUT2D eigenvalue weighted by Gasteiger charge is 2.22. The summed E-state index contributed by atoms with van der Waals surface area (Å²) >= 11 is 0. The molecule has 0 aliphatic heterocycles. The Bertz CT molecular complexity index is 207. The molecule has 0 rings (SSSR count). The molecule has 0 heterocycles. The molecule has 3 N–H and O–H groups in total. The van der Waals surface area contributed by atoms with Gasteiger partial charge in [-0.1, -0.05) is 6.58 Å². The van der Waals surface area contributed by atoms with Gasteiger partial charge in [-0.15, -0.1) is 12.4 Å². The lowest BCUT2D eigenvalue weighted by atomic mass is 10.2. The second kappa shape index (κ2) is 6.45. The molecular formula is C7H12ClNO4. The molecule has 0 bridgehead atoms. The van der Waals surface area contributed by atoms with Crippen LogP contribution in [0.1, 0.15) is 6.92 Å². The fraction of sp³-hybridized carbons (Fsp3) is 0.429. The summed E-state index contributed by atoms with van der Waals surface area (Å²) in [6.07, 6.45) is 0.0958. The largest absolute Gasteiger partial charge is 0.480 e. The van der Waals surface area contributed by atoms with E-state index in [0.29, 0.717) is 0 Å². The first-order valence-corrected chi connectivity index (χ1v) is 3.30. The minimum Gasteiger partial charge on any atom is -0.480 e. The summed E-state index contributed by atoms with van der Waals surface area (Å²) < 4.78 is 4.56. The number of carbonyl (C=O) groups excluding carboxylic acids is 1. The summed E-state index contributed by atoms with van der Waals surface area (Å²) in [5.41, 5.74) is 5.15. The van der Waals surface area contributed by atoms with E-state index in [9.17, 15) is 9.59 Å². The first-order valence-electron chi connectivity index (χ1n) is 3.30. The summed E-state index contributed by atoms with van der Waals surface area (Å²) in [6, 6.07) is -1.20. The predicted octanol–water partition coefficient (Wildman–Crippen LogP) is -0.0622. The van der Waals surface area contributed by atoms with Gasteiger partial charge in [0.1, 0.15) is 12.1 Å². The Morgan fingerprint density at radius 1 is 1.62 bits per heavy atom. The van der Waals surface area contributed by atoms with Crippen LogP contribution in [-0.2, 0) is 14.3 Å². The van der Waals surface area contributed by atoms with Crippen LogP contribution in [0.5, 0.6) is 0 Å². The molecule has 76 valence electrons. The molecule has 0 spiro atoms. The zero-order valence-corrected chi connectivity index (χ0v) is 7.91. The van der Waals surface area contributed by atoms with Crippen molar-refractivity contribution in [1.82, 2.24) is 0 Å². The number of carboxylic acid groups (broad SMARTS) is 1. The number of ether oxygens (including phenoxy) is 1. The highest BCUT2D eigenvalue weighted by molar-refractivity contribution is 5.85. The van der Waals surface area contributed by atoms with Gasteiger partial charge >= 0.3 is 11.9 Å². The maximum Gasteiger partial charge on any atom is 0.330 e. The molecule has 0 aromatic rings. The number of hydrogen-bond acceptors (Lipinski definition) is 4. The molecule has 0 fully saturated rings. The molecule has 0 radical (unpaired) electrons. The van der Waals surface area contributed by atoms with Crippen molar-refractivity contribution in [3.05, 3.63) is 12.7 Å². The molecule has 5 nitrogen and oxygen atoms in total. The third-order valence-corrected chi connectivity index (χ3v) is 1.26. The van der Waals surface area contributed by atoms with Crippen LogP contribution in [0.2, 0.25) is 0 Å². The number of rotatable bonds is 4. The Kier molecular flexibility index (Phi) is 7.17. The van der Waals surface area contributed by atoms with E-state index >= 15 is 0 Å². The zero-order valence-electron chi connectivity index (χ0n) is 7.10. The van der Waals surface area contributed by atoms with E-state index < -0.39 is 24.1 Å². The molecule has 0 aliphatic rings. The van der Waals surface area contributed by atoms with Crippen molar-refractivity contribution < 1.29 is 19.4 Å². The summed E-state index contributed by atoms with van der Waals surface area (Å²) in [6.45, 7) is 4.56. The summed E-state index contributed by atoms with van der Waals surface area (Å²) in [5, 5.41) is 8.40. The smallest absolute Gasteiger partial charge is 0.330 e. The van der Waals surface area contributed by atoms with Crippen LogP contribution in [0.3, 0.4) is 0 Å². The van der Waals surface area contributed by atoms with Crippen molar-refractivity contribution in [2.75, 3.05) is 0 Å². The highest BCUT2D eigenvalue weighted by atomic mass is 35.5. The van der Waals surface area contributed by atoms with Crippen molar-refractivity contribution in [3.63, 3.8) is 0 Å². The van der Waals surface area contributed by atoms with Crippen molar-refractivity contribution in [2.45, 2.75) is 19.1 Å². The first kappa shape index (κ1) is 14.5. The van der Waals surface area contributed by atoms with Crippen LogP contribution < -0.4 is 5.73 Å². The Morgan fingerprint density at radius 3 is 2.38 bits per heavy atom. The van der Waals surface area contributed by atoms with Crippen LogP contribution in [-0.4, -0.2) is 29.2 Å². The van der Waals surface area contributed by atoms with Crippen LogP contribution in [0, 0.1) is 0 Å². The van der Waals surface area contributed by atoms with Gasteiger partial charge in [-0.25, -0.2) is 4.79 Å². The van der Waals surface area contributed by atoms with Gasteiger partial charge in [0.2, 0.25) is 0 Å². The van der Waals surface area contributed by atoms with E-state index in [1.807, 2.05) is 0 Å². The third kappa shape index (κ3) is 5.21. The summed E-state index contributed by atoms with van der Waals surface area (Å²) in [5.74, 6) is -1.89. The van der Waals surface area contributed by atoms with Gasteiger partial charge in [-0.2, -0.15) is 0 Å². The Hall–Kier alpha value is -1.07. The van der Waals surface area contributed by atoms with Crippen molar-refractivity contribution in [2.24, 2.45) is 5.73 Å². The number of esters is 1. The fourth-order valence-corrected chi connectivity index (χ4v) is 0.505. The van der Waals surface area contributed by atoms with E-state index in [2.05, 4.69) is 11.3 Å². The fourth-order valence-electron chi connectivity index (χ4n) is 0.505. The molecule has 0 amide bonds. The Balaban J connectivity index is 0. The number of carboxylic acids is 1. The number of halogens is 1. The van der Waals surface area contributed by atoms with Gasteiger partial charge in [0.05, 0.1) is 0 Å². The van der Waals surface area contributed by atoms with Gasteiger partial charge < -0.3 is 15.6 Å². The summed E-state index contributed by atoms with van der Waals surface area (Å²) in [7, 11) is 0. The molecule has 13 heavy (non-hydrogen) atoms. The lowest BCUT2D eigenvalue weighted by Crippen LogP contribution is -2.42. The second-order valence-electron chi connectivity index (χ2n) is 2.21. The maximum atomic E-state index is 10.6. The van der Waals surface area contributed by atoms with E-state index in [0.717, 1.165) is 6.08 Å². The lowest BCUT2D eigenvalue weighted by molar-refractivity contribution is -0.149. The maximum absolute atomic E-state index is 10.6. The average Bonchev–Trinajstić information content (AvgIpc) is 2.02. The quantitative estimate of drug-likeness (QED) is 0.500. The molecule has 0 saturated carbocycles. The SMILES string of the molecule is C=CC(=O)OC(C)[C@H](N)C(=O)O.Cl. The zero-order chi connectivity index (χ0) is 9.72. The van der Waals surface area contributed by atoms with E-state index in [-0.39, 0.29) is 12.4 Å². The number of carbonyl (C=O) groups is 2. The monoisotopic (exact) mass is 209 g/mol. The standard InChI is InChI=1S/C7H11NO4.ClH/c1-3-5(9)12-4(2)6(8)7(10)11;/h3-4,6H,1,8H2,2H3,(H,10,11);1H/t4?,6-;/m0./s1. The molecular weight excluding hydrogens is 198 g/mol. The molecule has 0 aliphatic carbocycles. The van der Waals surface area contributed by atoms with E-state index in [1.165, 1.54) is 6.92 Å². The van der Waals surface area contributed by atoms with Crippen molar-refractivity contribution in [1.29, 1.82) is 0 Å². The number of aliphatic carboxylic acids is 1. The van der Waals surface area contributed by atoms with Crippen LogP contribution >= 0.6 is 12.4 Å². The minimum absolute atomic E-state index is 0. The van der Waals surface area contributed by atoms with Crippen molar-refractivity contribution >= 4 is 24.3 Å². The van der Waals surface area contributed by atoms with E-state index in [1.54, 1.807) is 0 Å². The highest BCUT2D eigenvalue weighted by Crippen LogP contribution is 1.97. The van der Waals surface area contributed by atoms with Gasteiger partial charge in [-0.3, -0.25) is 4.79 Å². The topological polar surface area (TPSA) is 89.6 Å². The molecule has 2 atom stereocenters. The normalized spacial score (nSPS) is 13.4. The molecule has 0 saturated heterocycles. The second-order valence-corrected chi connectivity index (χ2v) is 2.21. The van der Waals surface area contributed by atoms with E-state index in [4.69, 9.17) is 10.8 Å². The Morgan fingerprint density at radius 2 is 2.08 bits per heavy atom. The van der Waals surface area contributed by atoms with Crippen molar-refractivity contribution in [3.8, 4) is 0 Å². The van der Waals surface area contributed by atoms with Crippen LogP contribution in [0.25, 0.3) is 0 Å². The third-order valence-electron chi connectivity index (χ3n) is 1.26. The van der Waals surface area contributed by atoms with Gasteiger partial charge in [0.15, 0.2) is 0 Å². The molecule has 6 heteroatoms. The lowest BCUT2D eigenvalue weighted by Gasteiger charge is -2.15. The minimum atomic E-state index is -1.21. The Labute approximate surface area is 82.0 Å². The van der Waals surface area contributed by atoms with Gasteiger partial charge in [-0.05, 0) is 6.92 Å². The molecule has 1 unspecified atom stereocenters. The van der Waals surface area contributed by atoms with Crippen LogP contribution in [0.15, 0.2) is 12.7 Å². The molecule has 0 aromatic carbocycles. The van der Waals surface area contributed by atoms with Crippen LogP contribution in [0.4, 0.5) is 0 Å². The van der Waals surface area contributed by atoms with Gasteiger partial charge in [0, 0.05) is 6.08 Å². The van der Waals surface area contributed by atoms with Gasteiger partial charge in [0.25, 0.3) is 0 Å². The number of nitrogens with two attached hydrogens (primary N) is 1. The summed E-state index contributed by atoms with van der Waals surface area (Å²) in [4.78, 5) is 20.8. The number of hydrogen-bond donors (Lipinski definition) is 2.